The Bertz CT molecular complexity index is 1190. The van der Waals surface area contributed by atoms with Crippen LogP contribution < -0.4 is 14.4 Å². The molecule has 1 N–H and O–H groups in total. The average Bonchev–Trinajstić information content (AvgIpc) is 2.87. The summed E-state index contributed by atoms with van der Waals surface area (Å²) < 4.78 is 31.5. The molecular weight excluding hydrogens is 549 g/mol. The summed E-state index contributed by atoms with van der Waals surface area (Å²) in [6.45, 7) is 5.83. The number of benzene rings is 2. The van der Waals surface area contributed by atoms with Gasteiger partial charge in [-0.15, -0.1) is 0 Å². The number of carbonyl (C=O) groups excluding carboxylic acids is 2. The smallest absolute Gasteiger partial charge is 0.243 e. The molecule has 0 heterocycles. The Kier molecular flexibility index (Phi) is 12.2. The molecule has 0 spiro atoms. The van der Waals surface area contributed by atoms with Gasteiger partial charge in [0.05, 0.1) is 19.1 Å². The van der Waals surface area contributed by atoms with E-state index in [1.54, 1.807) is 42.5 Å². The lowest BCUT2D eigenvalue weighted by Gasteiger charge is -2.32. The van der Waals surface area contributed by atoms with Crippen molar-refractivity contribution in [1.29, 1.82) is 0 Å². The van der Waals surface area contributed by atoms with E-state index in [0.717, 1.165) is 12.7 Å². The first-order valence-corrected chi connectivity index (χ1v) is 15.2. The third kappa shape index (κ3) is 8.78. The number of rotatable bonds is 14. The number of halogens is 2. The van der Waals surface area contributed by atoms with Crippen molar-refractivity contribution in [1.82, 2.24) is 10.2 Å². The molecule has 0 fully saturated rings. The molecule has 0 aromatic heterocycles. The Morgan fingerprint density at radius 3 is 2.24 bits per heavy atom. The molecular formula is C27H37Cl2N3O5S. The summed E-state index contributed by atoms with van der Waals surface area (Å²) in [6.07, 6.45) is 2.50. The van der Waals surface area contributed by atoms with E-state index in [1.165, 1.54) is 16.3 Å². The lowest BCUT2D eigenvalue weighted by molar-refractivity contribution is -0.141. The number of nitrogens with zero attached hydrogens (tertiary/aromatic N) is 2. The zero-order valence-electron chi connectivity index (χ0n) is 22.5. The van der Waals surface area contributed by atoms with Gasteiger partial charge in [0.25, 0.3) is 0 Å². The van der Waals surface area contributed by atoms with Gasteiger partial charge in [-0.25, -0.2) is 8.42 Å². The first-order chi connectivity index (χ1) is 17.9. The van der Waals surface area contributed by atoms with Crippen LogP contribution in [-0.4, -0.2) is 57.1 Å². The highest BCUT2D eigenvalue weighted by atomic mass is 35.5. The van der Waals surface area contributed by atoms with Gasteiger partial charge in [0.15, 0.2) is 0 Å². The third-order valence-corrected chi connectivity index (χ3v) is 8.17. The normalized spacial score (nSPS) is 12.9. The summed E-state index contributed by atoms with van der Waals surface area (Å²) in [4.78, 5) is 28.2. The van der Waals surface area contributed by atoms with Crippen molar-refractivity contribution < 1.29 is 22.7 Å². The van der Waals surface area contributed by atoms with E-state index in [4.69, 9.17) is 27.9 Å². The molecule has 2 aromatic rings. The van der Waals surface area contributed by atoms with Gasteiger partial charge in [0.1, 0.15) is 11.8 Å². The van der Waals surface area contributed by atoms with Crippen molar-refractivity contribution in [3.8, 4) is 5.75 Å². The molecule has 2 amide bonds. The fraction of sp³-hybridized carbons (Fsp3) is 0.481. The second kappa shape index (κ2) is 14.6. The van der Waals surface area contributed by atoms with Gasteiger partial charge >= 0.3 is 0 Å². The molecule has 0 unspecified atom stereocenters. The summed E-state index contributed by atoms with van der Waals surface area (Å²) in [7, 11) is -2.11. The van der Waals surface area contributed by atoms with E-state index in [9.17, 15) is 18.0 Å². The lowest BCUT2D eigenvalue weighted by atomic mass is 10.1. The molecule has 0 saturated heterocycles. The van der Waals surface area contributed by atoms with Gasteiger partial charge in [-0.05, 0) is 50.5 Å². The van der Waals surface area contributed by atoms with Gasteiger partial charge in [-0.3, -0.25) is 13.9 Å². The summed E-state index contributed by atoms with van der Waals surface area (Å²) >= 11 is 12.8. The number of sulfonamides is 1. The Hall–Kier alpha value is -2.49. The van der Waals surface area contributed by atoms with Crippen LogP contribution in [0.5, 0.6) is 5.75 Å². The van der Waals surface area contributed by atoms with Crippen LogP contribution in [0.3, 0.4) is 0 Å². The standard InChI is InChI=1S/C27H37Cl2N3O5S/c1-6-19(3)30-27(34)25(7-2)31(18-22-23(28)13-9-14-24(22)29)26(33)15-10-16-32(38(5,35)36)20-11-8-12-21(17-20)37-4/h8-9,11-14,17,19,25H,6-7,10,15-16,18H2,1-5H3,(H,30,34)/t19-,25-/m0/s1. The molecule has 8 nitrogen and oxygen atoms in total. The molecule has 0 bridgehead atoms. The van der Waals surface area contributed by atoms with Crippen LogP contribution in [0.1, 0.15) is 52.0 Å². The second-order valence-corrected chi connectivity index (χ2v) is 11.8. The van der Waals surface area contributed by atoms with E-state index < -0.39 is 16.1 Å². The fourth-order valence-electron chi connectivity index (χ4n) is 3.98. The van der Waals surface area contributed by atoms with Crippen LogP contribution in [0.2, 0.25) is 10.0 Å². The zero-order chi connectivity index (χ0) is 28.5. The number of hydrogen-bond donors (Lipinski definition) is 1. The molecule has 11 heteroatoms. The molecule has 38 heavy (non-hydrogen) atoms. The van der Waals surface area contributed by atoms with Crippen molar-refractivity contribution in [3.63, 3.8) is 0 Å². The van der Waals surface area contributed by atoms with Gasteiger partial charge in [0.2, 0.25) is 21.8 Å². The Labute approximate surface area is 236 Å². The molecule has 0 aliphatic rings. The third-order valence-electron chi connectivity index (χ3n) is 6.27. The lowest BCUT2D eigenvalue weighted by Crippen LogP contribution is -2.50. The zero-order valence-corrected chi connectivity index (χ0v) is 24.9. The van der Waals surface area contributed by atoms with Crippen LogP contribution in [-0.2, 0) is 26.2 Å². The topological polar surface area (TPSA) is 96.0 Å². The van der Waals surface area contributed by atoms with E-state index >= 15 is 0 Å². The maximum atomic E-state index is 13.6. The van der Waals surface area contributed by atoms with Gasteiger partial charge < -0.3 is 15.0 Å². The van der Waals surface area contributed by atoms with Crippen LogP contribution in [0, 0.1) is 0 Å². The highest BCUT2D eigenvalue weighted by Gasteiger charge is 2.30. The van der Waals surface area contributed by atoms with Crippen LogP contribution in [0.4, 0.5) is 5.69 Å². The maximum absolute atomic E-state index is 13.6. The number of carbonyl (C=O) groups is 2. The molecule has 2 atom stereocenters. The van der Waals surface area contributed by atoms with E-state index in [2.05, 4.69) is 5.32 Å². The Balaban J connectivity index is 2.29. The summed E-state index contributed by atoms with van der Waals surface area (Å²) in [5.41, 5.74) is 0.992. The first-order valence-electron chi connectivity index (χ1n) is 12.6. The highest BCUT2D eigenvalue weighted by molar-refractivity contribution is 7.92. The summed E-state index contributed by atoms with van der Waals surface area (Å²) in [5.74, 6) is -0.0353. The van der Waals surface area contributed by atoms with Crippen molar-refractivity contribution in [2.24, 2.45) is 0 Å². The van der Waals surface area contributed by atoms with E-state index in [0.29, 0.717) is 33.5 Å². The van der Waals surface area contributed by atoms with Crippen LogP contribution in [0.15, 0.2) is 42.5 Å². The van der Waals surface area contributed by atoms with Gasteiger partial charge in [-0.1, -0.05) is 49.2 Å². The van der Waals surface area contributed by atoms with Crippen LogP contribution in [0.25, 0.3) is 0 Å². The monoisotopic (exact) mass is 585 g/mol. The maximum Gasteiger partial charge on any atom is 0.243 e. The minimum absolute atomic E-state index is 0.0190. The summed E-state index contributed by atoms with van der Waals surface area (Å²) in [6, 6.07) is 11.0. The van der Waals surface area contributed by atoms with E-state index in [1.807, 2.05) is 20.8 Å². The predicted molar refractivity (Wildman–Crippen MR) is 153 cm³/mol. The van der Waals surface area contributed by atoms with E-state index in [-0.39, 0.29) is 43.8 Å². The molecule has 2 aromatic carbocycles. The summed E-state index contributed by atoms with van der Waals surface area (Å²) in [5, 5.41) is 3.75. The van der Waals surface area contributed by atoms with Crippen molar-refractivity contribution >= 4 is 50.7 Å². The molecule has 0 aliphatic carbocycles. The quantitative estimate of drug-likeness (QED) is 0.326. The van der Waals surface area contributed by atoms with Crippen LogP contribution >= 0.6 is 23.2 Å². The van der Waals surface area contributed by atoms with Crippen molar-refractivity contribution in [2.75, 3.05) is 24.2 Å². The first kappa shape index (κ1) is 31.7. The molecule has 0 aliphatic heterocycles. The van der Waals surface area contributed by atoms with Gasteiger partial charge in [0, 0.05) is 47.2 Å². The highest BCUT2D eigenvalue weighted by Crippen LogP contribution is 2.28. The number of hydrogen-bond acceptors (Lipinski definition) is 5. The number of ether oxygens (including phenoxy) is 1. The largest absolute Gasteiger partial charge is 0.497 e. The van der Waals surface area contributed by atoms with Gasteiger partial charge in [-0.2, -0.15) is 0 Å². The molecule has 2 rings (SSSR count). The Morgan fingerprint density at radius 1 is 1.05 bits per heavy atom. The number of anilines is 1. The average molecular weight is 587 g/mol. The number of nitrogens with one attached hydrogen (secondary N) is 1. The number of amides is 2. The van der Waals surface area contributed by atoms with Crippen molar-refractivity contribution in [3.05, 3.63) is 58.1 Å². The SMILES string of the molecule is CC[C@H](C)NC(=O)[C@H](CC)N(Cc1c(Cl)cccc1Cl)C(=O)CCCN(c1cccc(OC)c1)S(C)(=O)=O. The minimum Gasteiger partial charge on any atom is -0.497 e. The fourth-order valence-corrected chi connectivity index (χ4v) is 5.46. The van der Waals surface area contributed by atoms with Crippen molar-refractivity contribution in [2.45, 2.75) is 65.1 Å². The molecule has 210 valence electrons. The second-order valence-electron chi connectivity index (χ2n) is 9.10. The minimum atomic E-state index is -3.62. The molecule has 0 saturated carbocycles. The molecule has 0 radical (unpaired) electrons. The number of methoxy groups -OCH3 is 1. The Morgan fingerprint density at radius 2 is 1.68 bits per heavy atom. The predicted octanol–water partition coefficient (Wildman–Crippen LogP) is 5.27.